The number of rotatable bonds is 0. The van der Waals surface area contributed by atoms with Crippen molar-refractivity contribution in [1.82, 2.24) is 0 Å². The zero-order chi connectivity index (χ0) is 11.8. The van der Waals surface area contributed by atoms with Crippen molar-refractivity contribution in [1.29, 1.82) is 0 Å². The Labute approximate surface area is 106 Å². The fourth-order valence-corrected chi connectivity index (χ4v) is 2.61. The Hall–Kier alpha value is -1.04. The molecule has 0 amide bonds. The molecule has 0 heteroatoms. The van der Waals surface area contributed by atoms with Gasteiger partial charge in [0.25, 0.3) is 0 Å². The first-order chi connectivity index (χ1) is 8.47. The second-order valence-corrected chi connectivity index (χ2v) is 5.09. The van der Waals surface area contributed by atoms with Crippen molar-refractivity contribution < 1.29 is 0 Å². The molecule has 0 saturated heterocycles. The van der Waals surface area contributed by atoms with Crippen LogP contribution in [0.2, 0.25) is 0 Å². The Morgan fingerprint density at radius 1 is 0.588 bits per heavy atom. The predicted molar refractivity (Wildman–Crippen MR) is 75.3 cm³/mol. The van der Waals surface area contributed by atoms with Crippen molar-refractivity contribution in [2.45, 2.75) is 57.8 Å². The second-order valence-electron chi connectivity index (χ2n) is 5.09. The van der Waals surface area contributed by atoms with Crippen molar-refractivity contribution in [2.75, 3.05) is 0 Å². The van der Waals surface area contributed by atoms with Crippen molar-refractivity contribution in [3.05, 3.63) is 47.5 Å². The molecule has 0 fully saturated rings. The first-order valence-electron chi connectivity index (χ1n) is 7.18. The Bertz CT molecular complexity index is 349. The molecular weight excluding hydrogens is 204 g/mol. The Morgan fingerprint density at radius 2 is 1.12 bits per heavy atom. The van der Waals surface area contributed by atoms with Gasteiger partial charge in [-0.15, -0.1) is 0 Å². The van der Waals surface area contributed by atoms with E-state index < -0.39 is 0 Å². The molecule has 1 aliphatic carbocycles. The second kappa shape index (κ2) is 7.32. The van der Waals surface area contributed by atoms with E-state index in [0.717, 1.165) is 0 Å². The van der Waals surface area contributed by atoms with Crippen molar-refractivity contribution in [3.63, 3.8) is 0 Å². The zero-order valence-electron chi connectivity index (χ0n) is 10.8. The minimum atomic E-state index is 1.27. The monoisotopic (exact) mass is 228 g/mol. The van der Waals surface area contributed by atoms with Gasteiger partial charge in [-0.1, -0.05) is 42.8 Å². The minimum absolute atomic E-state index is 1.27. The van der Waals surface area contributed by atoms with Gasteiger partial charge in [0.1, 0.15) is 0 Å². The highest BCUT2D eigenvalue weighted by molar-refractivity contribution is 5.27. The molecular formula is C17H24. The highest BCUT2D eigenvalue weighted by atomic mass is 14.1. The normalized spacial score (nSPS) is 18.6. The summed E-state index contributed by atoms with van der Waals surface area (Å²) in [5, 5.41) is 0. The molecule has 0 radical (unpaired) electrons. The SMILES string of the molecule is C1=CCCCCc2ccccc2CCCCC1. The molecule has 0 nitrogen and oxygen atoms in total. The van der Waals surface area contributed by atoms with Crippen LogP contribution in [0, 0.1) is 0 Å². The summed E-state index contributed by atoms with van der Waals surface area (Å²) in [6, 6.07) is 9.04. The quantitative estimate of drug-likeness (QED) is 0.544. The first kappa shape index (κ1) is 12.4. The molecule has 1 aromatic rings. The van der Waals surface area contributed by atoms with Gasteiger partial charge in [0, 0.05) is 0 Å². The maximum Gasteiger partial charge on any atom is -0.0276 e. The van der Waals surface area contributed by atoms with Gasteiger partial charge in [-0.05, 0) is 62.5 Å². The van der Waals surface area contributed by atoms with E-state index in [0.29, 0.717) is 0 Å². The molecule has 1 aliphatic rings. The van der Waals surface area contributed by atoms with Crippen LogP contribution in [0.15, 0.2) is 36.4 Å². The number of hydrogen-bond acceptors (Lipinski definition) is 0. The largest absolute Gasteiger partial charge is 0.0885 e. The lowest BCUT2D eigenvalue weighted by Crippen LogP contribution is -1.94. The standard InChI is InChI=1S/C17H24/c1-2-4-6-8-12-16-14-10-11-15-17(16)13-9-7-5-3-1/h1-2,10-11,14-15H,3-9,12-13H2. The maximum absolute atomic E-state index is 2.38. The Balaban J connectivity index is 1.99. The summed E-state index contributed by atoms with van der Waals surface area (Å²) in [6.45, 7) is 0. The summed E-state index contributed by atoms with van der Waals surface area (Å²) < 4.78 is 0. The third-order valence-electron chi connectivity index (χ3n) is 3.67. The molecule has 2 rings (SSSR count). The fourth-order valence-electron chi connectivity index (χ4n) is 2.61. The lowest BCUT2D eigenvalue weighted by atomic mass is 9.97. The van der Waals surface area contributed by atoms with E-state index in [1.807, 2.05) is 0 Å². The number of benzene rings is 1. The minimum Gasteiger partial charge on any atom is -0.0885 e. The van der Waals surface area contributed by atoms with Crippen LogP contribution in [0.4, 0.5) is 0 Å². The molecule has 0 atom stereocenters. The molecule has 1 aromatic carbocycles. The lowest BCUT2D eigenvalue weighted by molar-refractivity contribution is 0.683. The topological polar surface area (TPSA) is 0 Å². The van der Waals surface area contributed by atoms with Gasteiger partial charge < -0.3 is 0 Å². The van der Waals surface area contributed by atoms with Crippen LogP contribution in [-0.2, 0) is 12.8 Å². The van der Waals surface area contributed by atoms with Crippen LogP contribution in [0.5, 0.6) is 0 Å². The Morgan fingerprint density at radius 3 is 1.76 bits per heavy atom. The van der Waals surface area contributed by atoms with Crippen molar-refractivity contribution >= 4 is 0 Å². The van der Waals surface area contributed by atoms with Gasteiger partial charge >= 0.3 is 0 Å². The zero-order valence-corrected chi connectivity index (χ0v) is 10.8. The maximum atomic E-state index is 2.38. The van der Waals surface area contributed by atoms with Crippen molar-refractivity contribution in [3.8, 4) is 0 Å². The van der Waals surface area contributed by atoms with Gasteiger partial charge in [0.2, 0.25) is 0 Å². The summed E-state index contributed by atoms with van der Waals surface area (Å²) in [7, 11) is 0. The van der Waals surface area contributed by atoms with E-state index in [2.05, 4.69) is 36.4 Å². The Kier molecular flexibility index (Phi) is 5.35. The smallest absolute Gasteiger partial charge is 0.0276 e. The van der Waals surface area contributed by atoms with Crippen LogP contribution in [0.25, 0.3) is 0 Å². The average molecular weight is 228 g/mol. The summed E-state index contributed by atoms with van der Waals surface area (Å²) >= 11 is 0. The highest BCUT2D eigenvalue weighted by Gasteiger charge is 2.02. The number of fused-ring (bicyclic) bond motifs is 1. The van der Waals surface area contributed by atoms with Gasteiger partial charge in [0.15, 0.2) is 0 Å². The van der Waals surface area contributed by atoms with Gasteiger partial charge in [0.05, 0.1) is 0 Å². The molecule has 92 valence electrons. The van der Waals surface area contributed by atoms with Gasteiger partial charge in [-0.3, -0.25) is 0 Å². The molecule has 17 heavy (non-hydrogen) atoms. The third-order valence-corrected chi connectivity index (χ3v) is 3.67. The van der Waals surface area contributed by atoms with Crippen LogP contribution in [-0.4, -0.2) is 0 Å². The van der Waals surface area contributed by atoms with E-state index in [4.69, 9.17) is 0 Å². The van der Waals surface area contributed by atoms with Gasteiger partial charge in [-0.25, -0.2) is 0 Å². The fraction of sp³-hybridized carbons (Fsp3) is 0.529. The van der Waals surface area contributed by atoms with E-state index >= 15 is 0 Å². The average Bonchev–Trinajstić information content (AvgIpc) is 2.38. The molecule has 0 saturated carbocycles. The molecule has 0 aliphatic heterocycles. The number of hydrogen-bond donors (Lipinski definition) is 0. The van der Waals surface area contributed by atoms with E-state index in [1.165, 1.54) is 57.8 Å². The number of allylic oxidation sites excluding steroid dienone is 2. The molecule has 0 N–H and O–H groups in total. The van der Waals surface area contributed by atoms with Crippen LogP contribution in [0.3, 0.4) is 0 Å². The summed E-state index contributed by atoms with van der Waals surface area (Å²) in [4.78, 5) is 0. The van der Waals surface area contributed by atoms with Crippen molar-refractivity contribution in [2.24, 2.45) is 0 Å². The molecule has 0 aromatic heterocycles. The first-order valence-corrected chi connectivity index (χ1v) is 7.18. The summed E-state index contributed by atoms with van der Waals surface area (Å²) in [6.07, 6.45) is 16.6. The number of aryl methyl sites for hydroxylation is 2. The van der Waals surface area contributed by atoms with Crippen LogP contribution in [0.1, 0.15) is 56.1 Å². The molecule has 0 heterocycles. The summed E-state index contributed by atoms with van der Waals surface area (Å²) in [5.41, 5.74) is 3.19. The third kappa shape index (κ3) is 4.38. The van der Waals surface area contributed by atoms with Crippen LogP contribution >= 0.6 is 0 Å². The van der Waals surface area contributed by atoms with E-state index in [1.54, 1.807) is 11.1 Å². The predicted octanol–water partition coefficient (Wildman–Crippen LogP) is 5.07. The summed E-state index contributed by atoms with van der Waals surface area (Å²) in [5.74, 6) is 0. The van der Waals surface area contributed by atoms with E-state index in [-0.39, 0.29) is 0 Å². The van der Waals surface area contributed by atoms with Gasteiger partial charge in [-0.2, -0.15) is 0 Å². The van der Waals surface area contributed by atoms with E-state index in [9.17, 15) is 0 Å². The lowest BCUT2D eigenvalue weighted by Gasteiger charge is -2.08. The molecule has 0 spiro atoms. The van der Waals surface area contributed by atoms with Crippen LogP contribution < -0.4 is 0 Å². The molecule has 0 unspecified atom stereocenters. The molecule has 0 bridgehead atoms. The highest BCUT2D eigenvalue weighted by Crippen LogP contribution is 2.17.